The number of nitriles is 1. The molecule has 14 heavy (non-hydrogen) atoms. The number of amides is 1. The Morgan fingerprint density at radius 2 is 2.14 bits per heavy atom. The highest BCUT2D eigenvalue weighted by Crippen LogP contribution is 2.17. The van der Waals surface area contributed by atoms with Gasteiger partial charge in [0.05, 0.1) is 10.6 Å². The molecule has 0 saturated heterocycles. The first-order valence-electron chi connectivity index (χ1n) is 3.97. The van der Waals surface area contributed by atoms with Gasteiger partial charge in [-0.3, -0.25) is 4.79 Å². The number of hydrogen-bond acceptors (Lipinski definition) is 2. The summed E-state index contributed by atoms with van der Waals surface area (Å²) in [5.74, 6) is -0.141. The lowest BCUT2D eigenvalue weighted by Crippen LogP contribution is -2.21. The molecule has 0 aliphatic heterocycles. The van der Waals surface area contributed by atoms with Gasteiger partial charge < -0.3 is 4.90 Å². The van der Waals surface area contributed by atoms with Crippen molar-refractivity contribution in [1.29, 1.82) is 5.26 Å². The zero-order chi connectivity index (χ0) is 10.7. The van der Waals surface area contributed by atoms with Gasteiger partial charge in [0, 0.05) is 19.7 Å². The van der Waals surface area contributed by atoms with Gasteiger partial charge in [0.25, 0.3) is 5.91 Å². The number of carbonyl (C=O) groups excluding carboxylic acids is 1. The summed E-state index contributed by atoms with van der Waals surface area (Å²) in [5.41, 5.74) is 0.787. The molecule has 0 unspecified atom stereocenters. The Morgan fingerprint density at radius 1 is 1.50 bits per heavy atom. The minimum absolute atomic E-state index is 0.141. The van der Waals surface area contributed by atoms with E-state index in [4.69, 9.17) is 16.9 Å². The van der Waals surface area contributed by atoms with E-state index in [9.17, 15) is 4.79 Å². The SMILES string of the molecule is CN(C)C(=O)c1ccc(Cl)c(C#N)c1. The van der Waals surface area contributed by atoms with Crippen molar-refractivity contribution in [3.8, 4) is 6.07 Å². The average molecular weight is 209 g/mol. The normalized spacial score (nSPS) is 9.29. The van der Waals surface area contributed by atoms with Crippen LogP contribution in [0.4, 0.5) is 0 Å². The van der Waals surface area contributed by atoms with Crippen LogP contribution in [-0.4, -0.2) is 24.9 Å². The number of benzene rings is 1. The molecule has 4 heteroatoms. The molecule has 0 fully saturated rings. The van der Waals surface area contributed by atoms with Crippen molar-refractivity contribution in [2.24, 2.45) is 0 Å². The third-order valence-corrected chi connectivity index (χ3v) is 2.07. The topological polar surface area (TPSA) is 44.1 Å². The third kappa shape index (κ3) is 2.04. The van der Waals surface area contributed by atoms with Crippen LogP contribution in [0.2, 0.25) is 5.02 Å². The molecule has 0 spiro atoms. The van der Waals surface area contributed by atoms with E-state index in [1.165, 1.54) is 11.0 Å². The van der Waals surface area contributed by atoms with Crippen molar-refractivity contribution >= 4 is 17.5 Å². The van der Waals surface area contributed by atoms with Crippen LogP contribution in [0, 0.1) is 11.3 Å². The molecule has 0 bridgehead atoms. The third-order valence-electron chi connectivity index (χ3n) is 1.74. The molecule has 1 rings (SSSR count). The average Bonchev–Trinajstić information content (AvgIpc) is 2.17. The highest BCUT2D eigenvalue weighted by molar-refractivity contribution is 6.31. The van der Waals surface area contributed by atoms with E-state index in [0.717, 1.165) is 0 Å². The van der Waals surface area contributed by atoms with Gasteiger partial charge in [-0.25, -0.2) is 0 Å². The highest BCUT2D eigenvalue weighted by atomic mass is 35.5. The first-order chi connectivity index (χ1) is 6.56. The van der Waals surface area contributed by atoms with Gasteiger partial charge in [0.1, 0.15) is 6.07 Å². The maximum absolute atomic E-state index is 11.5. The largest absolute Gasteiger partial charge is 0.345 e. The number of halogens is 1. The predicted octanol–water partition coefficient (Wildman–Crippen LogP) is 1.91. The molecule has 1 aromatic rings. The minimum atomic E-state index is -0.141. The zero-order valence-electron chi connectivity index (χ0n) is 7.91. The summed E-state index contributed by atoms with van der Waals surface area (Å²) in [6, 6.07) is 6.57. The monoisotopic (exact) mass is 208 g/mol. The molecule has 1 aromatic carbocycles. The van der Waals surface area contributed by atoms with E-state index < -0.39 is 0 Å². The van der Waals surface area contributed by atoms with Crippen LogP contribution in [0.15, 0.2) is 18.2 Å². The maximum Gasteiger partial charge on any atom is 0.253 e. The van der Waals surface area contributed by atoms with E-state index in [0.29, 0.717) is 16.1 Å². The maximum atomic E-state index is 11.5. The van der Waals surface area contributed by atoms with Gasteiger partial charge in [0.15, 0.2) is 0 Å². The summed E-state index contributed by atoms with van der Waals surface area (Å²) in [6.45, 7) is 0. The van der Waals surface area contributed by atoms with Crippen molar-refractivity contribution in [2.75, 3.05) is 14.1 Å². The highest BCUT2D eigenvalue weighted by Gasteiger charge is 2.09. The predicted molar refractivity (Wildman–Crippen MR) is 54.2 cm³/mol. The molecule has 0 atom stereocenters. The minimum Gasteiger partial charge on any atom is -0.345 e. The van der Waals surface area contributed by atoms with E-state index >= 15 is 0 Å². The van der Waals surface area contributed by atoms with E-state index in [1.54, 1.807) is 26.2 Å². The van der Waals surface area contributed by atoms with Crippen LogP contribution in [0.1, 0.15) is 15.9 Å². The molecule has 0 aliphatic carbocycles. The summed E-state index contributed by atoms with van der Waals surface area (Å²) in [7, 11) is 3.31. The van der Waals surface area contributed by atoms with Gasteiger partial charge in [-0.15, -0.1) is 0 Å². The van der Waals surface area contributed by atoms with Crippen LogP contribution in [-0.2, 0) is 0 Å². The summed E-state index contributed by atoms with van der Waals surface area (Å²) >= 11 is 5.73. The number of carbonyl (C=O) groups is 1. The molecule has 0 radical (unpaired) electrons. The smallest absolute Gasteiger partial charge is 0.253 e. The Hall–Kier alpha value is -1.53. The number of rotatable bonds is 1. The van der Waals surface area contributed by atoms with Crippen LogP contribution in [0.25, 0.3) is 0 Å². The van der Waals surface area contributed by atoms with Gasteiger partial charge in [-0.05, 0) is 18.2 Å². The van der Waals surface area contributed by atoms with Gasteiger partial charge in [-0.2, -0.15) is 5.26 Å². The first-order valence-corrected chi connectivity index (χ1v) is 4.35. The van der Waals surface area contributed by atoms with Crippen molar-refractivity contribution in [1.82, 2.24) is 4.90 Å². The molecule has 0 aromatic heterocycles. The van der Waals surface area contributed by atoms with E-state index in [-0.39, 0.29) is 5.91 Å². The van der Waals surface area contributed by atoms with Gasteiger partial charge in [0.2, 0.25) is 0 Å². The summed E-state index contributed by atoms with van der Waals surface area (Å²) in [5, 5.41) is 9.07. The second-order valence-electron chi connectivity index (χ2n) is 3.01. The molecule has 3 nitrogen and oxygen atoms in total. The molecule has 1 amide bonds. The van der Waals surface area contributed by atoms with Gasteiger partial charge >= 0.3 is 0 Å². The number of hydrogen-bond donors (Lipinski definition) is 0. The molecule has 0 aliphatic rings. The second kappa shape index (κ2) is 4.12. The quantitative estimate of drug-likeness (QED) is 0.708. The Balaban J connectivity index is 3.15. The fourth-order valence-corrected chi connectivity index (χ4v) is 1.16. The Bertz CT molecular complexity index is 407. The Morgan fingerprint density at radius 3 is 2.64 bits per heavy atom. The van der Waals surface area contributed by atoms with E-state index in [1.807, 2.05) is 6.07 Å². The van der Waals surface area contributed by atoms with Gasteiger partial charge in [-0.1, -0.05) is 11.6 Å². The fraction of sp³-hybridized carbons (Fsp3) is 0.200. The molecule has 0 heterocycles. The summed E-state index contributed by atoms with van der Waals surface area (Å²) in [4.78, 5) is 12.9. The van der Waals surface area contributed by atoms with Crippen LogP contribution in [0.5, 0.6) is 0 Å². The molecule has 0 N–H and O–H groups in total. The van der Waals surface area contributed by atoms with Crippen molar-refractivity contribution in [3.63, 3.8) is 0 Å². The lowest BCUT2D eigenvalue weighted by molar-refractivity contribution is 0.0827. The fourth-order valence-electron chi connectivity index (χ4n) is 1.00. The lowest BCUT2D eigenvalue weighted by atomic mass is 10.1. The summed E-state index contributed by atoms with van der Waals surface area (Å²) in [6.07, 6.45) is 0. The Labute approximate surface area is 87.5 Å². The number of nitrogens with zero attached hydrogens (tertiary/aromatic N) is 2. The van der Waals surface area contributed by atoms with Crippen molar-refractivity contribution in [2.45, 2.75) is 0 Å². The first kappa shape index (κ1) is 10.6. The van der Waals surface area contributed by atoms with Crippen LogP contribution < -0.4 is 0 Å². The second-order valence-corrected chi connectivity index (χ2v) is 3.41. The van der Waals surface area contributed by atoms with E-state index in [2.05, 4.69) is 0 Å². The van der Waals surface area contributed by atoms with Crippen molar-refractivity contribution < 1.29 is 4.79 Å². The van der Waals surface area contributed by atoms with Crippen molar-refractivity contribution in [3.05, 3.63) is 34.3 Å². The molecular weight excluding hydrogens is 200 g/mol. The molecule has 0 saturated carbocycles. The van der Waals surface area contributed by atoms with Crippen LogP contribution >= 0.6 is 11.6 Å². The Kier molecular flexibility index (Phi) is 3.10. The molecule has 72 valence electrons. The summed E-state index contributed by atoms with van der Waals surface area (Å²) < 4.78 is 0. The zero-order valence-corrected chi connectivity index (χ0v) is 8.67. The standard InChI is InChI=1S/C10H9ClN2O/c1-13(2)10(14)7-3-4-9(11)8(5-7)6-12/h3-5H,1-2H3. The molecular formula is C10H9ClN2O. The lowest BCUT2D eigenvalue weighted by Gasteiger charge is -2.10. The van der Waals surface area contributed by atoms with Crippen LogP contribution in [0.3, 0.4) is 0 Å².